The van der Waals surface area contributed by atoms with E-state index in [0.717, 1.165) is 51.0 Å². The molecule has 2 aliphatic heterocycles. The van der Waals surface area contributed by atoms with Crippen LogP contribution in [0.25, 0.3) is 0 Å². The van der Waals surface area contributed by atoms with Crippen LogP contribution in [0.4, 0.5) is 0 Å². The zero-order valence-corrected chi connectivity index (χ0v) is 12.5. The van der Waals surface area contributed by atoms with Crippen LogP contribution in [-0.2, 0) is 24.3 Å². The number of piperidine rings is 1. The Morgan fingerprint density at radius 3 is 3.10 bits per heavy atom. The second-order valence-corrected chi connectivity index (χ2v) is 6.89. The first-order chi connectivity index (χ1) is 10.3. The molecule has 0 radical (unpaired) electrons. The third kappa shape index (κ3) is 2.48. The van der Waals surface area contributed by atoms with E-state index in [-0.39, 0.29) is 11.8 Å². The Bertz CT molecular complexity index is 521. The van der Waals surface area contributed by atoms with E-state index in [2.05, 4.69) is 26.4 Å². The van der Waals surface area contributed by atoms with Gasteiger partial charge in [-0.15, -0.1) is 0 Å². The summed E-state index contributed by atoms with van der Waals surface area (Å²) in [4.78, 5) is 17.0. The molecule has 1 unspecified atom stereocenters. The highest BCUT2D eigenvalue weighted by atomic mass is 16.2. The fraction of sp³-hybridized carbons (Fsp3) is 0.750. The number of carbonyl (C=O) groups excluding carboxylic acids is 1. The maximum Gasteiger partial charge on any atom is 0.224 e. The first-order valence-corrected chi connectivity index (χ1v) is 8.30. The average Bonchev–Trinajstić information content (AvgIpc) is 3.04. The van der Waals surface area contributed by atoms with Crippen molar-refractivity contribution in [3.63, 3.8) is 0 Å². The molecule has 0 aromatic carbocycles. The fourth-order valence-corrected chi connectivity index (χ4v) is 4.05. The smallest absolute Gasteiger partial charge is 0.224 e. The molecule has 0 bridgehead atoms. The van der Waals surface area contributed by atoms with E-state index in [1.165, 1.54) is 18.7 Å². The van der Waals surface area contributed by atoms with Gasteiger partial charge in [-0.25, -0.2) is 4.98 Å². The van der Waals surface area contributed by atoms with Crippen molar-refractivity contribution in [3.8, 4) is 0 Å². The van der Waals surface area contributed by atoms with Crippen molar-refractivity contribution in [3.05, 3.63) is 17.7 Å². The summed E-state index contributed by atoms with van der Waals surface area (Å²) < 4.78 is 2.25. The number of aryl methyl sites for hydroxylation is 2. The van der Waals surface area contributed by atoms with Gasteiger partial charge in [0.25, 0.3) is 0 Å². The minimum Gasteiger partial charge on any atom is -0.350 e. The van der Waals surface area contributed by atoms with Crippen molar-refractivity contribution in [2.24, 2.45) is 11.3 Å². The van der Waals surface area contributed by atoms with Gasteiger partial charge < -0.3 is 15.2 Å². The van der Waals surface area contributed by atoms with Crippen LogP contribution in [0.5, 0.6) is 0 Å². The van der Waals surface area contributed by atoms with Crippen LogP contribution in [0, 0.1) is 11.3 Å². The van der Waals surface area contributed by atoms with Gasteiger partial charge in [0.15, 0.2) is 0 Å². The topological polar surface area (TPSA) is 59.0 Å². The largest absolute Gasteiger partial charge is 0.350 e. The zero-order chi connectivity index (χ0) is 14.3. The van der Waals surface area contributed by atoms with E-state index in [9.17, 15) is 4.79 Å². The third-order valence-corrected chi connectivity index (χ3v) is 5.51. The van der Waals surface area contributed by atoms with Gasteiger partial charge in [-0.3, -0.25) is 4.79 Å². The lowest BCUT2D eigenvalue weighted by Crippen LogP contribution is -2.33. The Hall–Kier alpha value is -1.36. The fourth-order valence-electron chi connectivity index (χ4n) is 4.05. The van der Waals surface area contributed by atoms with Gasteiger partial charge in [-0.2, -0.15) is 0 Å². The summed E-state index contributed by atoms with van der Waals surface area (Å²) in [5.74, 6) is 1.67. The first-order valence-electron chi connectivity index (χ1n) is 8.30. The van der Waals surface area contributed by atoms with E-state index in [4.69, 9.17) is 0 Å². The van der Waals surface area contributed by atoms with Crippen LogP contribution >= 0.6 is 0 Å². The minimum absolute atomic E-state index is 0.239. The maximum atomic E-state index is 12.3. The van der Waals surface area contributed by atoms with E-state index in [1.54, 1.807) is 0 Å². The van der Waals surface area contributed by atoms with E-state index in [0.29, 0.717) is 12.0 Å². The second kappa shape index (κ2) is 5.13. The molecule has 1 amide bonds. The number of fused-ring (bicyclic) bond motifs is 1. The van der Waals surface area contributed by atoms with Crippen LogP contribution in [0.3, 0.4) is 0 Å². The molecule has 1 saturated carbocycles. The molecule has 1 spiro atoms. The second-order valence-electron chi connectivity index (χ2n) is 6.89. The predicted octanol–water partition coefficient (Wildman–Crippen LogP) is 1.23. The Kier molecular flexibility index (Phi) is 3.25. The Morgan fingerprint density at radius 2 is 2.29 bits per heavy atom. The van der Waals surface area contributed by atoms with Crippen molar-refractivity contribution in [2.75, 3.05) is 13.1 Å². The van der Waals surface area contributed by atoms with Gasteiger partial charge in [-0.1, -0.05) is 0 Å². The molecular weight excluding hydrogens is 264 g/mol. The van der Waals surface area contributed by atoms with Crippen LogP contribution in [0.15, 0.2) is 6.20 Å². The highest BCUT2D eigenvalue weighted by Gasteiger charge is 2.57. The zero-order valence-electron chi connectivity index (χ0n) is 12.5. The molecule has 2 fully saturated rings. The van der Waals surface area contributed by atoms with Crippen LogP contribution in [0.1, 0.15) is 43.6 Å². The summed E-state index contributed by atoms with van der Waals surface area (Å²) in [5, 5.41) is 6.49. The van der Waals surface area contributed by atoms with Crippen molar-refractivity contribution >= 4 is 5.91 Å². The van der Waals surface area contributed by atoms with Crippen LogP contribution in [-0.4, -0.2) is 28.5 Å². The van der Waals surface area contributed by atoms with Gasteiger partial charge in [0.2, 0.25) is 5.91 Å². The molecule has 5 nitrogen and oxygen atoms in total. The molecule has 1 aliphatic carbocycles. The molecule has 1 saturated heterocycles. The highest BCUT2D eigenvalue weighted by molar-refractivity contribution is 5.82. The average molecular weight is 288 g/mol. The monoisotopic (exact) mass is 288 g/mol. The number of amides is 1. The molecule has 4 rings (SSSR count). The van der Waals surface area contributed by atoms with Gasteiger partial charge in [0.05, 0.1) is 12.2 Å². The number of nitrogens with one attached hydrogen (secondary N) is 2. The highest BCUT2D eigenvalue weighted by Crippen LogP contribution is 2.58. The number of nitrogens with zero attached hydrogens (tertiary/aromatic N) is 2. The summed E-state index contributed by atoms with van der Waals surface area (Å²) in [7, 11) is 0. The molecule has 2 N–H and O–H groups in total. The number of hydrogen-bond donors (Lipinski definition) is 2. The quantitative estimate of drug-likeness (QED) is 0.879. The van der Waals surface area contributed by atoms with Gasteiger partial charge in [0, 0.05) is 25.1 Å². The normalized spacial score (nSPS) is 26.4. The van der Waals surface area contributed by atoms with Crippen molar-refractivity contribution in [2.45, 2.75) is 51.6 Å². The van der Waals surface area contributed by atoms with E-state index >= 15 is 0 Å². The van der Waals surface area contributed by atoms with Crippen LogP contribution < -0.4 is 10.6 Å². The molecule has 3 heterocycles. The summed E-state index contributed by atoms with van der Waals surface area (Å²) in [5.41, 5.74) is 1.34. The molecule has 5 heteroatoms. The number of carbonyl (C=O) groups is 1. The third-order valence-electron chi connectivity index (χ3n) is 5.51. The Balaban J connectivity index is 1.33. The molecule has 1 atom stereocenters. The van der Waals surface area contributed by atoms with Gasteiger partial charge in [0.1, 0.15) is 5.82 Å². The van der Waals surface area contributed by atoms with Gasteiger partial charge >= 0.3 is 0 Å². The van der Waals surface area contributed by atoms with Crippen LogP contribution in [0.2, 0.25) is 0 Å². The maximum absolute atomic E-state index is 12.3. The molecular formula is C16H24N4O. The SMILES string of the molecule is O=C(NCc1cn2c(n1)CCCC2)C1CC12CCNCC2. The summed E-state index contributed by atoms with van der Waals surface area (Å²) in [6, 6.07) is 0. The Labute approximate surface area is 125 Å². The van der Waals surface area contributed by atoms with E-state index < -0.39 is 0 Å². The van der Waals surface area contributed by atoms with Gasteiger partial charge in [-0.05, 0) is 50.6 Å². The number of hydrogen-bond acceptors (Lipinski definition) is 3. The molecule has 21 heavy (non-hydrogen) atoms. The molecule has 1 aromatic heterocycles. The van der Waals surface area contributed by atoms with E-state index in [1.807, 2.05) is 0 Å². The number of aromatic nitrogens is 2. The Morgan fingerprint density at radius 1 is 1.43 bits per heavy atom. The minimum atomic E-state index is 0.239. The summed E-state index contributed by atoms with van der Waals surface area (Å²) in [6.07, 6.45) is 9.07. The molecule has 1 aromatic rings. The lowest BCUT2D eigenvalue weighted by Gasteiger charge is -2.23. The summed E-state index contributed by atoms with van der Waals surface area (Å²) >= 11 is 0. The standard InChI is InChI=1S/C16H24N4O/c21-15(13-9-16(13)4-6-17-7-5-16)18-10-12-11-20-8-2-1-3-14(20)19-12/h11,13,17H,1-10H2,(H,18,21). The molecule has 114 valence electrons. The van der Waals surface area contributed by atoms with Crippen molar-refractivity contribution in [1.82, 2.24) is 20.2 Å². The van der Waals surface area contributed by atoms with Crippen molar-refractivity contribution in [1.29, 1.82) is 0 Å². The summed E-state index contributed by atoms with van der Waals surface area (Å²) in [6.45, 7) is 3.80. The first kappa shape index (κ1) is 13.3. The lowest BCUT2D eigenvalue weighted by molar-refractivity contribution is -0.123. The molecule has 3 aliphatic rings. The lowest BCUT2D eigenvalue weighted by atomic mass is 9.92. The number of rotatable bonds is 3. The number of imidazole rings is 1. The predicted molar refractivity (Wildman–Crippen MR) is 79.7 cm³/mol. The van der Waals surface area contributed by atoms with Crippen molar-refractivity contribution < 1.29 is 4.79 Å².